The van der Waals surface area contributed by atoms with Crippen LogP contribution in [0.25, 0.3) is 11.0 Å². The molecule has 0 aliphatic carbocycles. The van der Waals surface area contributed by atoms with Gasteiger partial charge < -0.3 is 9.47 Å². The summed E-state index contributed by atoms with van der Waals surface area (Å²) in [7, 11) is 0. The first-order chi connectivity index (χ1) is 13.0. The SMILES string of the molecule is Cc1nc2ccccc2n1CC1CCN(C(=O)c2ccc(Cl)cc2Cl)CC1. The number of amides is 1. The van der Waals surface area contributed by atoms with Crippen LogP contribution in [0.15, 0.2) is 42.5 Å². The lowest BCUT2D eigenvalue weighted by Crippen LogP contribution is -2.39. The van der Waals surface area contributed by atoms with Gasteiger partial charge in [-0.15, -0.1) is 0 Å². The zero-order chi connectivity index (χ0) is 19.0. The van der Waals surface area contributed by atoms with Crippen LogP contribution < -0.4 is 0 Å². The minimum absolute atomic E-state index is 0.0145. The smallest absolute Gasteiger partial charge is 0.255 e. The Morgan fingerprint density at radius 2 is 1.89 bits per heavy atom. The summed E-state index contributed by atoms with van der Waals surface area (Å²) in [6, 6.07) is 13.3. The van der Waals surface area contributed by atoms with Crippen molar-refractivity contribution in [2.75, 3.05) is 13.1 Å². The molecular formula is C21H21Cl2N3O. The maximum Gasteiger partial charge on any atom is 0.255 e. The summed E-state index contributed by atoms with van der Waals surface area (Å²) >= 11 is 12.1. The molecule has 6 heteroatoms. The Labute approximate surface area is 168 Å². The van der Waals surface area contributed by atoms with E-state index in [1.165, 1.54) is 5.52 Å². The van der Waals surface area contributed by atoms with Crippen LogP contribution in [0.1, 0.15) is 29.0 Å². The van der Waals surface area contributed by atoms with Crippen LogP contribution in [0.5, 0.6) is 0 Å². The normalized spacial score (nSPS) is 15.4. The minimum atomic E-state index is -0.0145. The maximum atomic E-state index is 12.8. The molecule has 0 radical (unpaired) electrons. The van der Waals surface area contributed by atoms with Gasteiger partial charge in [0, 0.05) is 24.7 Å². The van der Waals surface area contributed by atoms with E-state index >= 15 is 0 Å². The van der Waals surface area contributed by atoms with Crippen molar-refractivity contribution in [1.29, 1.82) is 0 Å². The molecule has 0 bridgehead atoms. The molecule has 0 spiro atoms. The molecule has 0 saturated carbocycles. The zero-order valence-corrected chi connectivity index (χ0v) is 16.7. The molecule has 2 aromatic carbocycles. The van der Waals surface area contributed by atoms with E-state index in [-0.39, 0.29) is 5.91 Å². The average Bonchev–Trinajstić information content (AvgIpc) is 2.97. The molecule has 1 saturated heterocycles. The Kier molecular flexibility index (Phi) is 5.11. The van der Waals surface area contributed by atoms with Gasteiger partial charge in [-0.2, -0.15) is 0 Å². The van der Waals surface area contributed by atoms with Gasteiger partial charge in [0.25, 0.3) is 5.91 Å². The van der Waals surface area contributed by atoms with Gasteiger partial charge in [0.05, 0.1) is 21.6 Å². The van der Waals surface area contributed by atoms with Gasteiger partial charge in [-0.05, 0) is 56.0 Å². The number of rotatable bonds is 3. The molecule has 1 aliphatic rings. The lowest BCUT2D eigenvalue weighted by molar-refractivity contribution is 0.0683. The number of carbonyl (C=O) groups excluding carboxylic acids is 1. The Morgan fingerprint density at radius 1 is 1.15 bits per heavy atom. The lowest BCUT2D eigenvalue weighted by atomic mass is 9.96. The summed E-state index contributed by atoms with van der Waals surface area (Å²) in [6.45, 7) is 4.49. The van der Waals surface area contributed by atoms with E-state index in [9.17, 15) is 4.79 Å². The molecule has 1 fully saturated rings. The Morgan fingerprint density at radius 3 is 2.63 bits per heavy atom. The standard InChI is InChI=1S/C21H21Cl2N3O/c1-14-24-19-4-2-3-5-20(19)26(14)13-15-8-10-25(11-9-15)21(27)17-7-6-16(22)12-18(17)23/h2-7,12,15H,8-11,13H2,1H3. The number of nitrogens with zero attached hydrogens (tertiary/aromatic N) is 3. The number of hydrogen-bond acceptors (Lipinski definition) is 2. The van der Waals surface area contributed by atoms with Gasteiger partial charge in [-0.25, -0.2) is 4.98 Å². The van der Waals surface area contributed by atoms with Crippen molar-refractivity contribution in [3.05, 3.63) is 63.9 Å². The number of imidazole rings is 1. The molecular weight excluding hydrogens is 381 g/mol. The highest BCUT2D eigenvalue weighted by atomic mass is 35.5. The molecule has 140 valence electrons. The van der Waals surface area contributed by atoms with Crippen LogP contribution >= 0.6 is 23.2 Å². The number of para-hydroxylation sites is 2. The Hall–Kier alpha value is -2.04. The van der Waals surface area contributed by atoms with E-state index < -0.39 is 0 Å². The first kappa shape index (κ1) is 18.3. The highest BCUT2D eigenvalue weighted by Crippen LogP contribution is 2.27. The van der Waals surface area contributed by atoms with Crippen LogP contribution in [0, 0.1) is 12.8 Å². The van der Waals surface area contributed by atoms with E-state index in [0.29, 0.717) is 21.5 Å². The monoisotopic (exact) mass is 401 g/mol. The summed E-state index contributed by atoms with van der Waals surface area (Å²) < 4.78 is 2.30. The molecule has 1 amide bonds. The van der Waals surface area contributed by atoms with Gasteiger partial charge in [0.2, 0.25) is 0 Å². The minimum Gasteiger partial charge on any atom is -0.339 e. The molecule has 1 aromatic heterocycles. The predicted octanol–water partition coefficient (Wildman–Crippen LogP) is 5.20. The topological polar surface area (TPSA) is 38.1 Å². The molecule has 0 atom stereocenters. The van der Waals surface area contributed by atoms with Crippen molar-refractivity contribution in [3.8, 4) is 0 Å². The molecule has 4 rings (SSSR count). The van der Waals surface area contributed by atoms with Crippen molar-refractivity contribution >= 4 is 40.1 Å². The highest BCUT2D eigenvalue weighted by Gasteiger charge is 2.25. The number of hydrogen-bond donors (Lipinski definition) is 0. The summed E-state index contributed by atoms with van der Waals surface area (Å²) in [5, 5.41) is 0.952. The van der Waals surface area contributed by atoms with Crippen molar-refractivity contribution in [2.45, 2.75) is 26.3 Å². The first-order valence-electron chi connectivity index (χ1n) is 9.19. The van der Waals surface area contributed by atoms with Gasteiger partial charge in [0.1, 0.15) is 5.82 Å². The largest absolute Gasteiger partial charge is 0.339 e. The van der Waals surface area contributed by atoms with Gasteiger partial charge in [-0.1, -0.05) is 35.3 Å². The van der Waals surface area contributed by atoms with Crippen molar-refractivity contribution < 1.29 is 4.79 Å². The van der Waals surface area contributed by atoms with Crippen molar-refractivity contribution in [2.24, 2.45) is 5.92 Å². The predicted molar refractivity (Wildman–Crippen MR) is 110 cm³/mol. The van der Waals surface area contributed by atoms with Crippen molar-refractivity contribution in [1.82, 2.24) is 14.5 Å². The third kappa shape index (κ3) is 3.69. The van der Waals surface area contributed by atoms with E-state index in [1.807, 2.05) is 11.0 Å². The molecule has 1 aliphatic heterocycles. The molecule has 27 heavy (non-hydrogen) atoms. The fourth-order valence-electron chi connectivity index (χ4n) is 3.84. The zero-order valence-electron chi connectivity index (χ0n) is 15.2. The summed E-state index contributed by atoms with van der Waals surface area (Å²) in [5.41, 5.74) is 2.75. The number of aryl methyl sites for hydroxylation is 1. The number of piperidine rings is 1. The van der Waals surface area contributed by atoms with E-state index in [1.54, 1.807) is 18.2 Å². The second kappa shape index (κ2) is 7.53. The molecule has 0 N–H and O–H groups in total. The van der Waals surface area contributed by atoms with Gasteiger partial charge in [-0.3, -0.25) is 4.79 Å². The number of carbonyl (C=O) groups is 1. The third-order valence-electron chi connectivity index (χ3n) is 5.35. The molecule has 3 aromatic rings. The maximum absolute atomic E-state index is 12.8. The summed E-state index contributed by atoms with van der Waals surface area (Å²) in [6.07, 6.45) is 1.95. The number of likely N-dealkylation sites (tertiary alicyclic amines) is 1. The quantitative estimate of drug-likeness (QED) is 0.604. The summed E-state index contributed by atoms with van der Waals surface area (Å²) in [5.74, 6) is 1.56. The summed E-state index contributed by atoms with van der Waals surface area (Å²) in [4.78, 5) is 19.3. The first-order valence-corrected chi connectivity index (χ1v) is 9.94. The van der Waals surface area contributed by atoms with E-state index in [4.69, 9.17) is 23.2 Å². The van der Waals surface area contributed by atoms with Gasteiger partial charge in [0.15, 0.2) is 0 Å². The van der Waals surface area contributed by atoms with Crippen LogP contribution in [-0.2, 0) is 6.54 Å². The fourth-order valence-corrected chi connectivity index (χ4v) is 4.33. The number of fused-ring (bicyclic) bond motifs is 1. The van der Waals surface area contributed by atoms with E-state index in [2.05, 4.69) is 34.7 Å². The molecule has 0 unspecified atom stereocenters. The fraction of sp³-hybridized carbons (Fsp3) is 0.333. The second-order valence-electron chi connectivity index (χ2n) is 7.12. The molecule has 2 heterocycles. The highest BCUT2D eigenvalue weighted by molar-refractivity contribution is 6.36. The number of benzene rings is 2. The number of aromatic nitrogens is 2. The van der Waals surface area contributed by atoms with Crippen LogP contribution in [0.2, 0.25) is 10.0 Å². The van der Waals surface area contributed by atoms with Crippen LogP contribution in [0.4, 0.5) is 0 Å². The number of halogens is 2. The van der Waals surface area contributed by atoms with Crippen molar-refractivity contribution in [3.63, 3.8) is 0 Å². The van der Waals surface area contributed by atoms with Crippen LogP contribution in [0.3, 0.4) is 0 Å². The van der Waals surface area contributed by atoms with E-state index in [0.717, 1.165) is 43.8 Å². The second-order valence-corrected chi connectivity index (χ2v) is 7.96. The Balaban J connectivity index is 1.43. The lowest BCUT2D eigenvalue weighted by Gasteiger charge is -2.32. The molecule has 4 nitrogen and oxygen atoms in total. The third-order valence-corrected chi connectivity index (χ3v) is 5.90. The van der Waals surface area contributed by atoms with Gasteiger partial charge >= 0.3 is 0 Å². The average molecular weight is 402 g/mol. The van der Waals surface area contributed by atoms with Crippen LogP contribution in [-0.4, -0.2) is 33.4 Å². The Bertz CT molecular complexity index is 990.